The number of nitrogens with one attached hydrogen (secondary N) is 2. The molecular weight excluding hydrogens is 302 g/mol. The van der Waals surface area contributed by atoms with Crippen molar-refractivity contribution in [3.63, 3.8) is 0 Å². The highest BCUT2D eigenvalue weighted by Gasteiger charge is 2.07. The van der Waals surface area contributed by atoms with E-state index in [1.165, 1.54) is 0 Å². The molecule has 0 unspecified atom stereocenters. The Morgan fingerprint density at radius 1 is 1.08 bits per heavy atom. The summed E-state index contributed by atoms with van der Waals surface area (Å²) < 4.78 is 0. The van der Waals surface area contributed by atoms with Crippen LogP contribution in [0.4, 0.5) is 10.5 Å². The van der Waals surface area contributed by atoms with Crippen LogP contribution >= 0.6 is 0 Å². The maximum atomic E-state index is 11.9. The molecule has 0 atom stereocenters. The molecule has 6 heteroatoms. The van der Waals surface area contributed by atoms with Crippen LogP contribution in [0.2, 0.25) is 0 Å². The van der Waals surface area contributed by atoms with Gasteiger partial charge in [-0.05, 0) is 6.42 Å². The van der Waals surface area contributed by atoms with Gasteiger partial charge in [-0.15, -0.1) is 0 Å². The monoisotopic (exact) mass is 323 g/mol. The van der Waals surface area contributed by atoms with E-state index >= 15 is 0 Å². The summed E-state index contributed by atoms with van der Waals surface area (Å²) in [7, 11) is 0. The smallest absolute Gasteiger partial charge is 0.319 e. The Hall–Kier alpha value is -2.73. The van der Waals surface area contributed by atoms with E-state index < -0.39 is 0 Å². The largest absolute Gasteiger partial charge is 0.338 e. The molecule has 124 valence electrons. The lowest BCUT2D eigenvalue weighted by atomic mass is 10.2. The molecule has 0 aliphatic carbocycles. The molecule has 2 heterocycles. The molecular formula is C18H21N5O. The van der Waals surface area contributed by atoms with Crippen LogP contribution in [0.25, 0.3) is 11.4 Å². The summed E-state index contributed by atoms with van der Waals surface area (Å²) in [4.78, 5) is 22.8. The van der Waals surface area contributed by atoms with Crippen LogP contribution < -0.4 is 10.6 Å². The van der Waals surface area contributed by atoms with Gasteiger partial charge in [-0.25, -0.2) is 14.8 Å². The molecule has 2 aromatic rings. The average molecular weight is 323 g/mol. The molecule has 1 aliphatic rings. The standard InChI is InChI=1S/C18H21N5O/c24-18(19-9-6-12-23-10-4-5-11-23)22-16-13-20-17(21-14-16)15-7-2-1-3-8-15/h1-5,7-8,13-14H,6,9-12H2,(H2,19,22,24). The lowest BCUT2D eigenvalue weighted by Gasteiger charge is -2.14. The molecule has 0 spiro atoms. The number of carbonyl (C=O) groups excluding carboxylic acids is 1. The number of nitrogens with zero attached hydrogens (tertiary/aromatic N) is 3. The number of carbonyl (C=O) groups is 1. The third-order valence-electron chi connectivity index (χ3n) is 3.77. The summed E-state index contributed by atoms with van der Waals surface area (Å²) in [5.41, 5.74) is 1.53. The van der Waals surface area contributed by atoms with Gasteiger partial charge in [-0.2, -0.15) is 0 Å². The number of hydrogen-bond donors (Lipinski definition) is 2. The molecule has 1 aliphatic heterocycles. The van der Waals surface area contributed by atoms with Crippen molar-refractivity contribution in [2.45, 2.75) is 6.42 Å². The topological polar surface area (TPSA) is 70.2 Å². The zero-order valence-corrected chi connectivity index (χ0v) is 13.5. The number of benzene rings is 1. The van der Waals surface area contributed by atoms with Crippen molar-refractivity contribution in [2.75, 3.05) is 31.5 Å². The second-order valence-electron chi connectivity index (χ2n) is 5.63. The van der Waals surface area contributed by atoms with Gasteiger partial charge in [0.25, 0.3) is 0 Å². The van der Waals surface area contributed by atoms with Crippen LogP contribution in [0, 0.1) is 0 Å². The minimum atomic E-state index is -0.231. The van der Waals surface area contributed by atoms with Gasteiger partial charge in [-0.3, -0.25) is 4.90 Å². The maximum absolute atomic E-state index is 11.9. The summed E-state index contributed by atoms with van der Waals surface area (Å²) >= 11 is 0. The first-order valence-corrected chi connectivity index (χ1v) is 8.11. The van der Waals surface area contributed by atoms with Crippen molar-refractivity contribution in [3.05, 3.63) is 54.9 Å². The molecule has 6 nitrogen and oxygen atoms in total. The van der Waals surface area contributed by atoms with Crippen molar-refractivity contribution in [1.82, 2.24) is 20.2 Å². The van der Waals surface area contributed by atoms with E-state index in [0.717, 1.165) is 31.6 Å². The highest BCUT2D eigenvalue weighted by atomic mass is 16.2. The second-order valence-corrected chi connectivity index (χ2v) is 5.63. The van der Waals surface area contributed by atoms with Crippen LogP contribution in [0.1, 0.15) is 6.42 Å². The maximum Gasteiger partial charge on any atom is 0.319 e. The normalized spacial score (nSPS) is 13.8. The number of amides is 2. The second kappa shape index (κ2) is 8.21. The Bertz CT molecular complexity index is 676. The lowest BCUT2D eigenvalue weighted by molar-refractivity contribution is 0.251. The predicted molar refractivity (Wildman–Crippen MR) is 94.7 cm³/mol. The van der Waals surface area contributed by atoms with Crippen molar-refractivity contribution in [3.8, 4) is 11.4 Å². The van der Waals surface area contributed by atoms with Crippen molar-refractivity contribution < 1.29 is 4.79 Å². The number of rotatable bonds is 6. The molecule has 2 N–H and O–H groups in total. The molecule has 1 aromatic heterocycles. The fourth-order valence-corrected chi connectivity index (χ4v) is 2.51. The Kier molecular flexibility index (Phi) is 5.52. The highest BCUT2D eigenvalue weighted by Crippen LogP contribution is 2.14. The van der Waals surface area contributed by atoms with E-state index in [1.54, 1.807) is 12.4 Å². The highest BCUT2D eigenvalue weighted by molar-refractivity contribution is 5.88. The molecule has 0 bridgehead atoms. The van der Waals surface area contributed by atoms with E-state index in [-0.39, 0.29) is 6.03 Å². The van der Waals surface area contributed by atoms with E-state index in [2.05, 4.69) is 37.7 Å². The lowest BCUT2D eigenvalue weighted by Crippen LogP contribution is -2.32. The minimum Gasteiger partial charge on any atom is -0.338 e. The van der Waals surface area contributed by atoms with Gasteiger partial charge in [0.1, 0.15) is 0 Å². The van der Waals surface area contributed by atoms with Crippen LogP contribution in [0.5, 0.6) is 0 Å². The molecule has 2 amide bonds. The van der Waals surface area contributed by atoms with E-state index in [4.69, 9.17) is 0 Å². The first kappa shape index (κ1) is 16.1. The van der Waals surface area contributed by atoms with Gasteiger partial charge in [-0.1, -0.05) is 42.5 Å². The van der Waals surface area contributed by atoms with Gasteiger partial charge in [0.2, 0.25) is 0 Å². The number of urea groups is 1. The summed E-state index contributed by atoms with van der Waals surface area (Å²) in [6.45, 7) is 3.65. The molecule has 0 saturated carbocycles. The minimum absolute atomic E-state index is 0.231. The first-order chi connectivity index (χ1) is 11.8. The molecule has 3 rings (SSSR count). The van der Waals surface area contributed by atoms with E-state index in [0.29, 0.717) is 18.1 Å². The summed E-state index contributed by atoms with van der Waals surface area (Å²) in [5.74, 6) is 0.640. The van der Waals surface area contributed by atoms with Crippen molar-refractivity contribution in [2.24, 2.45) is 0 Å². The van der Waals surface area contributed by atoms with Gasteiger partial charge < -0.3 is 10.6 Å². The summed E-state index contributed by atoms with van der Waals surface area (Å²) in [5, 5.41) is 5.60. The molecule has 0 fully saturated rings. The third kappa shape index (κ3) is 4.63. The van der Waals surface area contributed by atoms with Crippen LogP contribution in [-0.4, -0.2) is 47.1 Å². The molecule has 0 saturated heterocycles. The quantitative estimate of drug-likeness (QED) is 0.633. The summed E-state index contributed by atoms with van der Waals surface area (Å²) in [6.07, 6.45) is 8.49. The van der Waals surface area contributed by atoms with Crippen LogP contribution in [0.15, 0.2) is 54.9 Å². The zero-order chi connectivity index (χ0) is 16.6. The van der Waals surface area contributed by atoms with Gasteiger partial charge in [0.05, 0.1) is 18.1 Å². The molecule has 0 radical (unpaired) electrons. The average Bonchev–Trinajstić information content (AvgIpc) is 3.14. The number of aromatic nitrogens is 2. The van der Waals surface area contributed by atoms with Crippen LogP contribution in [-0.2, 0) is 0 Å². The van der Waals surface area contributed by atoms with Crippen molar-refractivity contribution >= 4 is 11.7 Å². The van der Waals surface area contributed by atoms with Gasteiger partial charge >= 0.3 is 6.03 Å². The molecule has 24 heavy (non-hydrogen) atoms. The van der Waals surface area contributed by atoms with Crippen molar-refractivity contribution in [1.29, 1.82) is 0 Å². The summed E-state index contributed by atoms with van der Waals surface area (Å²) in [6, 6.07) is 9.50. The molecule has 1 aromatic carbocycles. The first-order valence-electron chi connectivity index (χ1n) is 8.11. The predicted octanol–water partition coefficient (Wildman–Crippen LogP) is 2.53. The van der Waals surface area contributed by atoms with E-state index in [1.807, 2.05) is 30.3 Å². The third-order valence-corrected chi connectivity index (χ3v) is 3.77. The number of anilines is 1. The zero-order valence-electron chi connectivity index (χ0n) is 13.5. The fraction of sp³-hybridized carbons (Fsp3) is 0.278. The number of hydrogen-bond acceptors (Lipinski definition) is 4. The Labute approximate surface area is 141 Å². The van der Waals surface area contributed by atoms with Gasteiger partial charge in [0, 0.05) is 31.7 Å². The Balaban J connectivity index is 1.41. The Morgan fingerprint density at radius 2 is 1.79 bits per heavy atom. The Morgan fingerprint density at radius 3 is 2.50 bits per heavy atom. The SMILES string of the molecule is O=C(NCCCN1CC=CC1)Nc1cnc(-c2ccccc2)nc1. The fourth-order valence-electron chi connectivity index (χ4n) is 2.51. The van der Waals surface area contributed by atoms with Crippen LogP contribution in [0.3, 0.4) is 0 Å². The van der Waals surface area contributed by atoms with E-state index in [9.17, 15) is 4.79 Å². The van der Waals surface area contributed by atoms with Gasteiger partial charge in [0.15, 0.2) is 5.82 Å².